The lowest BCUT2D eigenvalue weighted by molar-refractivity contribution is -0.120. The molecule has 0 spiro atoms. The minimum atomic E-state index is -0.232. The van der Waals surface area contributed by atoms with Crippen molar-refractivity contribution in [3.05, 3.63) is 54.1 Å². The number of rotatable bonds is 6. The van der Waals surface area contributed by atoms with Gasteiger partial charge in [-0.2, -0.15) is 0 Å². The SMILES string of the molecule is COCN1C(=O)CCc2cc(NC(=O)COc3ccccc3)ccc21. The van der Waals surface area contributed by atoms with E-state index in [1.807, 2.05) is 30.3 Å². The molecule has 25 heavy (non-hydrogen) atoms. The monoisotopic (exact) mass is 340 g/mol. The number of methoxy groups -OCH3 is 1. The first-order valence-electron chi connectivity index (χ1n) is 8.07. The van der Waals surface area contributed by atoms with Crippen LogP contribution >= 0.6 is 0 Å². The zero-order valence-corrected chi connectivity index (χ0v) is 14.0. The smallest absolute Gasteiger partial charge is 0.262 e. The zero-order chi connectivity index (χ0) is 17.6. The molecule has 6 nitrogen and oxygen atoms in total. The quantitative estimate of drug-likeness (QED) is 0.878. The van der Waals surface area contributed by atoms with Crippen molar-refractivity contribution in [2.45, 2.75) is 12.8 Å². The van der Waals surface area contributed by atoms with Gasteiger partial charge in [0.25, 0.3) is 5.91 Å². The first-order valence-corrected chi connectivity index (χ1v) is 8.07. The first-order chi connectivity index (χ1) is 12.2. The third-order valence-corrected chi connectivity index (χ3v) is 3.93. The number of anilines is 2. The van der Waals surface area contributed by atoms with Crippen LogP contribution in [0.5, 0.6) is 5.75 Å². The number of ether oxygens (including phenoxy) is 2. The van der Waals surface area contributed by atoms with Crippen molar-refractivity contribution in [3.63, 3.8) is 0 Å². The van der Waals surface area contributed by atoms with E-state index in [1.54, 1.807) is 30.2 Å². The van der Waals surface area contributed by atoms with Gasteiger partial charge >= 0.3 is 0 Å². The number of fused-ring (bicyclic) bond motifs is 1. The number of aryl methyl sites for hydroxylation is 1. The average Bonchev–Trinajstić information content (AvgIpc) is 2.63. The molecule has 6 heteroatoms. The van der Waals surface area contributed by atoms with Crippen LogP contribution in [0.3, 0.4) is 0 Å². The second-order valence-corrected chi connectivity index (χ2v) is 5.73. The Hall–Kier alpha value is -2.86. The Morgan fingerprint density at radius 3 is 2.72 bits per heavy atom. The van der Waals surface area contributed by atoms with E-state index in [0.717, 1.165) is 11.3 Å². The summed E-state index contributed by atoms with van der Waals surface area (Å²) < 4.78 is 10.5. The van der Waals surface area contributed by atoms with Gasteiger partial charge in [0.2, 0.25) is 5.91 Å². The number of carbonyl (C=O) groups excluding carboxylic acids is 2. The Morgan fingerprint density at radius 1 is 1.16 bits per heavy atom. The standard InChI is InChI=1S/C19H20N2O4/c1-24-13-21-17-9-8-15(11-14(17)7-10-19(21)23)20-18(22)12-25-16-5-3-2-4-6-16/h2-6,8-9,11H,7,10,12-13H2,1H3,(H,20,22). The number of nitrogens with zero attached hydrogens (tertiary/aromatic N) is 1. The molecule has 1 aliphatic heterocycles. The van der Waals surface area contributed by atoms with Crippen molar-refractivity contribution in [2.75, 3.05) is 30.7 Å². The molecule has 1 N–H and O–H groups in total. The average molecular weight is 340 g/mol. The summed E-state index contributed by atoms with van der Waals surface area (Å²) in [5.74, 6) is 0.462. The summed E-state index contributed by atoms with van der Waals surface area (Å²) >= 11 is 0. The summed E-state index contributed by atoms with van der Waals surface area (Å²) in [6, 6.07) is 14.7. The van der Waals surface area contributed by atoms with Crippen molar-refractivity contribution in [1.29, 1.82) is 0 Å². The third-order valence-electron chi connectivity index (χ3n) is 3.93. The number of hydrogen-bond acceptors (Lipinski definition) is 4. The van der Waals surface area contributed by atoms with Crippen LogP contribution in [0.25, 0.3) is 0 Å². The van der Waals surface area contributed by atoms with E-state index in [4.69, 9.17) is 9.47 Å². The second kappa shape index (κ2) is 7.81. The van der Waals surface area contributed by atoms with E-state index >= 15 is 0 Å². The van der Waals surface area contributed by atoms with Gasteiger partial charge in [-0.25, -0.2) is 0 Å². The number of para-hydroxylation sites is 1. The Balaban J connectivity index is 1.64. The highest BCUT2D eigenvalue weighted by atomic mass is 16.5. The van der Waals surface area contributed by atoms with Crippen molar-refractivity contribution >= 4 is 23.2 Å². The number of nitrogens with one attached hydrogen (secondary N) is 1. The third kappa shape index (κ3) is 4.16. The van der Waals surface area contributed by atoms with E-state index < -0.39 is 0 Å². The summed E-state index contributed by atoms with van der Waals surface area (Å²) in [5.41, 5.74) is 2.53. The predicted octanol–water partition coefficient (Wildman–Crippen LogP) is 2.59. The molecule has 0 unspecified atom stereocenters. The Morgan fingerprint density at radius 2 is 1.96 bits per heavy atom. The lowest BCUT2D eigenvalue weighted by Gasteiger charge is -2.29. The molecule has 0 saturated heterocycles. The Bertz CT molecular complexity index is 761. The molecule has 0 saturated carbocycles. The number of amides is 2. The lowest BCUT2D eigenvalue weighted by Crippen LogP contribution is -2.36. The molecule has 3 rings (SSSR count). The van der Waals surface area contributed by atoms with Gasteiger partial charge in [0.05, 0.1) is 0 Å². The first kappa shape index (κ1) is 17.0. The van der Waals surface area contributed by atoms with Crippen LogP contribution in [0, 0.1) is 0 Å². The number of carbonyl (C=O) groups is 2. The van der Waals surface area contributed by atoms with Gasteiger partial charge in [-0.1, -0.05) is 18.2 Å². The highest BCUT2D eigenvalue weighted by Crippen LogP contribution is 2.30. The van der Waals surface area contributed by atoms with E-state index in [9.17, 15) is 9.59 Å². The van der Waals surface area contributed by atoms with Crippen LogP contribution in [-0.2, 0) is 20.7 Å². The molecule has 2 aromatic carbocycles. The topological polar surface area (TPSA) is 67.9 Å². The van der Waals surface area contributed by atoms with Gasteiger partial charge in [0.1, 0.15) is 12.5 Å². The van der Waals surface area contributed by atoms with Gasteiger partial charge < -0.3 is 14.8 Å². The van der Waals surface area contributed by atoms with Gasteiger partial charge in [-0.05, 0) is 42.3 Å². The molecule has 0 fully saturated rings. The summed E-state index contributed by atoms with van der Waals surface area (Å²) in [6.07, 6.45) is 1.09. The summed E-state index contributed by atoms with van der Waals surface area (Å²) in [4.78, 5) is 25.7. The van der Waals surface area contributed by atoms with Crippen molar-refractivity contribution < 1.29 is 19.1 Å². The normalized spacial score (nSPS) is 13.3. The van der Waals surface area contributed by atoms with Gasteiger partial charge in [0.15, 0.2) is 6.61 Å². The largest absolute Gasteiger partial charge is 0.484 e. The number of benzene rings is 2. The second-order valence-electron chi connectivity index (χ2n) is 5.73. The van der Waals surface area contributed by atoms with Crippen molar-refractivity contribution in [2.24, 2.45) is 0 Å². The molecule has 0 aromatic heterocycles. The van der Waals surface area contributed by atoms with Crippen molar-refractivity contribution in [1.82, 2.24) is 0 Å². The lowest BCUT2D eigenvalue weighted by atomic mass is 10.0. The molecule has 130 valence electrons. The molecule has 1 heterocycles. The fourth-order valence-corrected chi connectivity index (χ4v) is 2.77. The van der Waals surface area contributed by atoms with Gasteiger partial charge in [-0.15, -0.1) is 0 Å². The Labute approximate surface area is 146 Å². The van der Waals surface area contributed by atoms with Gasteiger partial charge in [-0.3, -0.25) is 14.5 Å². The molecule has 2 aromatic rings. The van der Waals surface area contributed by atoms with E-state index in [1.165, 1.54) is 0 Å². The fraction of sp³-hybridized carbons (Fsp3) is 0.263. The van der Waals surface area contributed by atoms with Crippen LogP contribution < -0.4 is 15.0 Å². The zero-order valence-electron chi connectivity index (χ0n) is 14.0. The van der Waals surface area contributed by atoms with Crippen LogP contribution in [0.1, 0.15) is 12.0 Å². The highest BCUT2D eigenvalue weighted by molar-refractivity contribution is 5.97. The minimum Gasteiger partial charge on any atom is -0.484 e. The van der Waals surface area contributed by atoms with E-state index in [0.29, 0.717) is 24.3 Å². The van der Waals surface area contributed by atoms with Crippen LogP contribution in [0.2, 0.25) is 0 Å². The molecular weight excluding hydrogens is 320 g/mol. The van der Waals surface area contributed by atoms with Crippen LogP contribution in [0.15, 0.2) is 48.5 Å². The summed E-state index contributed by atoms with van der Waals surface area (Å²) in [7, 11) is 1.56. The van der Waals surface area contributed by atoms with E-state index in [-0.39, 0.29) is 25.2 Å². The van der Waals surface area contributed by atoms with E-state index in [2.05, 4.69) is 5.32 Å². The minimum absolute atomic E-state index is 0.0439. The van der Waals surface area contributed by atoms with Crippen LogP contribution in [-0.4, -0.2) is 32.3 Å². The molecule has 0 aliphatic carbocycles. The Kier molecular flexibility index (Phi) is 5.30. The fourth-order valence-electron chi connectivity index (χ4n) is 2.77. The molecule has 0 atom stereocenters. The van der Waals surface area contributed by atoms with Crippen molar-refractivity contribution in [3.8, 4) is 5.75 Å². The number of hydrogen-bond donors (Lipinski definition) is 1. The maximum atomic E-state index is 12.1. The molecule has 0 bridgehead atoms. The highest BCUT2D eigenvalue weighted by Gasteiger charge is 2.24. The summed E-state index contributed by atoms with van der Waals surface area (Å²) in [5, 5.41) is 2.82. The maximum Gasteiger partial charge on any atom is 0.262 e. The predicted molar refractivity (Wildman–Crippen MR) is 94.7 cm³/mol. The molecule has 0 radical (unpaired) electrons. The molecular formula is C19H20N2O4. The summed E-state index contributed by atoms with van der Waals surface area (Å²) in [6.45, 7) is 0.165. The maximum absolute atomic E-state index is 12.1. The molecule has 2 amide bonds. The van der Waals surface area contributed by atoms with Gasteiger partial charge in [0, 0.05) is 24.9 Å². The van der Waals surface area contributed by atoms with Crippen LogP contribution in [0.4, 0.5) is 11.4 Å². The molecule has 1 aliphatic rings.